The lowest BCUT2D eigenvalue weighted by Crippen LogP contribution is -2.51. The van der Waals surface area contributed by atoms with Gasteiger partial charge in [-0.25, -0.2) is 0 Å². The summed E-state index contributed by atoms with van der Waals surface area (Å²) in [4.78, 5) is 14.7. The Balaban J connectivity index is 1.81. The van der Waals surface area contributed by atoms with E-state index in [4.69, 9.17) is 0 Å². The number of amides is 1. The minimum Gasteiger partial charge on any atom is -0.391 e. The number of aliphatic hydroxyl groups is 1. The number of piperidine rings is 1. The van der Waals surface area contributed by atoms with Crippen LogP contribution in [0, 0.1) is 0 Å². The largest absolute Gasteiger partial charge is 0.391 e. The third-order valence-corrected chi connectivity index (χ3v) is 4.51. The molecule has 0 saturated carbocycles. The lowest BCUT2D eigenvalue weighted by Gasteiger charge is -2.35. The number of nitrogens with zero attached hydrogens (tertiary/aromatic N) is 1. The number of nitrogens with one attached hydrogen (secondary N) is 2. The minimum absolute atomic E-state index is 0.0203. The highest BCUT2D eigenvalue weighted by molar-refractivity contribution is 5.82. The Kier molecular flexibility index (Phi) is 6.26. The second-order valence-corrected chi connectivity index (χ2v) is 6.06. The van der Waals surface area contributed by atoms with Gasteiger partial charge in [-0.15, -0.1) is 0 Å². The topological polar surface area (TPSA) is 64.6 Å². The molecule has 2 heterocycles. The standard InChI is InChI=1S/C15H29N3O2/c1-2-4-13(19)11-17-15(20)14-5-3-10-18(14)12-6-8-16-9-7-12/h12-14,16,19H,2-11H2,1H3,(H,17,20). The Hall–Kier alpha value is -0.650. The summed E-state index contributed by atoms with van der Waals surface area (Å²) in [5, 5.41) is 16.0. The summed E-state index contributed by atoms with van der Waals surface area (Å²) in [5.74, 6) is 0.108. The van der Waals surface area contributed by atoms with Crippen molar-refractivity contribution < 1.29 is 9.90 Å². The lowest BCUT2D eigenvalue weighted by atomic mass is 10.0. The Morgan fingerprint density at radius 1 is 1.40 bits per heavy atom. The van der Waals surface area contributed by atoms with Crippen molar-refractivity contribution in [1.82, 2.24) is 15.5 Å². The third kappa shape index (κ3) is 4.17. The molecule has 2 rings (SSSR count). The van der Waals surface area contributed by atoms with Gasteiger partial charge < -0.3 is 15.7 Å². The van der Waals surface area contributed by atoms with Crippen molar-refractivity contribution in [3.8, 4) is 0 Å². The molecule has 2 atom stereocenters. The monoisotopic (exact) mass is 283 g/mol. The molecular weight excluding hydrogens is 254 g/mol. The van der Waals surface area contributed by atoms with E-state index in [-0.39, 0.29) is 11.9 Å². The van der Waals surface area contributed by atoms with E-state index in [2.05, 4.69) is 15.5 Å². The van der Waals surface area contributed by atoms with Crippen molar-refractivity contribution in [3.05, 3.63) is 0 Å². The number of carbonyl (C=O) groups excluding carboxylic acids is 1. The first-order valence-corrected chi connectivity index (χ1v) is 8.14. The number of rotatable bonds is 6. The molecule has 20 heavy (non-hydrogen) atoms. The van der Waals surface area contributed by atoms with Crippen molar-refractivity contribution >= 4 is 5.91 Å². The summed E-state index contributed by atoms with van der Waals surface area (Å²) in [6.45, 7) is 5.60. The average molecular weight is 283 g/mol. The van der Waals surface area contributed by atoms with Gasteiger partial charge in [-0.2, -0.15) is 0 Å². The molecule has 5 heteroatoms. The van der Waals surface area contributed by atoms with Crippen molar-refractivity contribution in [2.45, 2.75) is 63.6 Å². The molecular formula is C15H29N3O2. The van der Waals surface area contributed by atoms with Gasteiger partial charge in [0.25, 0.3) is 0 Å². The summed E-state index contributed by atoms with van der Waals surface area (Å²) >= 11 is 0. The smallest absolute Gasteiger partial charge is 0.237 e. The Labute approximate surface area is 122 Å². The Bertz CT molecular complexity index is 305. The zero-order valence-electron chi connectivity index (χ0n) is 12.6. The minimum atomic E-state index is -0.405. The number of hydrogen-bond acceptors (Lipinski definition) is 4. The van der Waals surface area contributed by atoms with Gasteiger partial charge in [0.1, 0.15) is 0 Å². The Morgan fingerprint density at radius 3 is 2.85 bits per heavy atom. The molecule has 116 valence electrons. The fraction of sp³-hybridized carbons (Fsp3) is 0.933. The van der Waals surface area contributed by atoms with E-state index in [1.54, 1.807) is 0 Å². The van der Waals surface area contributed by atoms with E-state index in [0.29, 0.717) is 12.6 Å². The summed E-state index contributed by atoms with van der Waals surface area (Å²) in [7, 11) is 0. The zero-order valence-corrected chi connectivity index (χ0v) is 12.6. The van der Waals surface area contributed by atoms with Crippen LogP contribution < -0.4 is 10.6 Å². The predicted octanol–water partition coefficient (Wildman–Crippen LogP) is 0.480. The van der Waals surface area contributed by atoms with E-state index < -0.39 is 6.10 Å². The molecule has 5 nitrogen and oxygen atoms in total. The van der Waals surface area contributed by atoms with Gasteiger partial charge in [0.2, 0.25) is 5.91 Å². The second-order valence-electron chi connectivity index (χ2n) is 6.06. The van der Waals surface area contributed by atoms with Gasteiger partial charge in [0.05, 0.1) is 12.1 Å². The molecule has 2 saturated heterocycles. The van der Waals surface area contributed by atoms with Crippen LogP contribution in [0.3, 0.4) is 0 Å². The quantitative estimate of drug-likeness (QED) is 0.663. The molecule has 1 amide bonds. The molecule has 0 spiro atoms. The van der Waals surface area contributed by atoms with E-state index >= 15 is 0 Å². The number of aliphatic hydroxyl groups excluding tert-OH is 1. The number of likely N-dealkylation sites (tertiary alicyclic amines) is 1. The van der Waals surface area contributed by atoms with Crippen LogP contribution in [-0.2, 0) is 4.79 Å². The van der Waals surface area contributed by atoms with Gasteiger partial charge in [0, 0.05) is 12.6 Å². The van der Waals surface area contributed by atoms with Gasteiger partial charge in [-0.1, -0.05) is 13.3 Å². The summed E-state index contributed by atoms with van der Waals surface area (Å²) in [5.41, 5.74) is 0. The van der Waals surface area contributed by atoms with Crippen molar-refractivity contribution in [1.29, 1.82) is 0 Å². The van der Waals surface area contributed by atoms with Crippen LogP contribution in [-0.4, -0.2) is 60.3 Å². The number of carbonyl (C=O) groups is 1. The van der Waals surface area contributed by atoms with Crippen LogP contribution in [0.15, 0.2) is 0 Å². The fourth-order valence-corrected chi connectivity index (χ4v) is 3.42. The first-order chi connectivity index (χ1) is 9.72. The fourth-order valence-electron chi connectivity index (χ4n) is 3.42. The number of hydrogen-bond donors (Lipinski definition) is 3. The third-order valence-electron chi connectivity index (χ3n) is 4.51. The molecule has 0 aliphatic carbocycles. The maximum Gasteiger partial charge on any atom is 0.237 e. The molecule has 0 aromatic carbocycles. The predicted molar refractivity (Wildman–Crippen MR) is 79.5 cm³/mol. The van der Waals surface area contributed by atoms with Crippen LogP contribution in [0.25, 0.3) is 0 Å². The second kappa shape index (κ2) is 7.96. The molecule has 0 bridgehead atoms. The van der Waals surface area contributed by atoms with Gasteiger partial charge in [-0.05, 0) is 51.7 Å². The summed E-state index contributed by atoms with van der Waals surface area (Å²) in [6.07, 6.45) is 5.64. The molecule has 0 radical (unpaired) electrons. The van der Waals surface area contributed by atoms with E-state index in [1.807, 2.05) is 6.92 Å². The maximum atomic E-state index is 12.3. The summed E-state index contributed by atoms with van der Waals surface area (Å²) < 4.78 is 0. The Morgan fingerprint density at radius 2 is 2.15 bits per heavy atom. The lowest BCUT2D eigenvalue weighted by molar-refractivity contribution is -0.126. The van der Waals surface area contributed by atoms with Crippen LogP contribution in [0.1, 0.15) is 45.4 Å². The SMILES string of the molecule is CCCC(O)CNC(=O)C1CCCN1C1CCNCC1. The van der Waals surface area contributed by atoms with Gasteiger partial charge in [0.15, 0.2) is 0 Å². The maximum absolute atomic E-state index is 12.3. The van der Waals surface area contributed by atoms with Crippen LogP contribution in [0.2, 0.25) is 0 Å². The van der Waals surface area contributed by atoms with E-state index in [0.717, 1.165) is 58.2 Å². The molecule has 3 N–H and O–H groups in total. The van der Waals surface area contributed by atoms with E-state index in [9.17, 15) is 9.90 Å². The van der Waals surface area contributed by atoms with Crippen LogP contribution >= 0.6 is 0 Å². The molecule has 2 unspecified atom stereocenters. The molecule has 0 aromatic heterocycles. The highest BCUT2D eigenvalue weighted by atomic mass is 16.3. The first-order valence-electron chi connectivity index (χ1n) is 8.14. The highest BCUT2D eigenvalue weighted by Crippen LogP contribution is 2.24. The van der Waals surface area contributed by atoms with E-state index in [1.165, 1.54) is 0 Å². The zero-order chi connectivity index (χ0) is 14.4. The van der Waals surface area contributed by atoms with Crippen LogP contribution in [0.5, 0.6) is 0 Å². The average Bonchev–Trinajstić information content (AvgIpc) is 2.95. The highest BCUT2D eigenvalue weighted by Gasteiger charge is 2.35. The first kappa shape index (κ1) is 15.7. The molecule has 2 aliphatic rings. The van der Waals surface area contributed by atoms with Crippen molar-refractivity contribution in [2.75, 3.05) is 26.2 Å². The van der Waals surface area contributed by atoms with Crippen molar-refractivity contribution in [2.24, 2.45) is 0 Å². The molecule has 2 fully saturated rings. The van der Waals surface area contributed by atoms with Gasteiger partial charge >= 0.3 is 0 Å². The molecule has 2 aliphatic heterocycles. The van der Waals surface area contributed by atoms with Gasteiger partial charge in [-0.3, -0.25) is 9.69 Å². The van der Waals surface area contributed by atoms with Crippen molar-refractivity contribution in [3.63, 3.8) is 0 Å². The normalized spacial score (nSPS) is 26.6. The molecule has 0 aromatic rings. The van der Waals surface area contributed by atoms with Crippen LogP contribution in [0.4, 0.5) is 0 Å². The summed E-state index contributed by atoms with van der Waals surface area (Å²) in [6, 6.07) is 0.571.